The monoisotopic (exact) mass is 267 g/mol. The number of ether oxygens (including phenoxy) is 1. The minimum Gasteiger partial charge on any atom is -0.450 e. The van der Waals surface area contributed by atoms with Crippen LogP contribution in [0.25, 0.3) is 0 Å². The average molecular weight is 267 g/mol. The van der Waals surface area contributed by atoms with E-state index in [0.717, 1.165) is 5.56 Å². The maximum Gasteiger partial charge on any atom is 0.410 e. The highest BCUT2D eigenvalue weighted by Crippen LogP contribution is 2.25. The molecule has 1 aromatic carbocycles. The molecule has 98 valence electrons. The van der Waals surface area contributed by atoms with E-state index in [9.17, 15) is 9.00 Å². The predicted molar refractivity (Wildman–Crippen MR) is 70.8 cm³/mol. The first-order valence-corrected chi connectivity index (χ1v) is 7.54. The first kappa shape index (κ1) is 13.1. The first-order valence-electron chi connectivity index (χ1n) is 6.05. The molecule has 1 saturated heterocycles. The Balaban J connectivity index is 2.21. The van der Waals surface area contributed by atoms with Crippen molar-refractivity contribution in [1.29, 1.82) is 0 Å². The van der Waals surface area contributed by atoms with Gasteiger partial charge in [0.05, 0.1) is 12.6 Å². The van der Waals surface area contributed by atoms with Crippen LogP contribution in [0.15, 0.2) is 30.3 Å². The van der Waals surface area contributed by atoms with Crippen LogP contribution in [-0.2, 0) is 15.5 Å². The fourth-order valence-electron chi connectivity index (χ4n) is 2.08. The molecule has 0 radical (unpaired) electrons. The van der Waals surface area contributed by atoms with Gasteiger partial charge in [0.25, 0.3) is 0 Å². The fourth-order valence-corrected chi connectivity index (χ4v) is 3.37. The highest BCUT2D eigenvalue weighted by Gasteiger charge is 2.31. The van der Waals surface area contributed by atoms with E-state index in [2.05, 4.69) is 0 Å². The summed E-state index contributed by atoms with van der Waals surface area (Å²) in [4.78, 5) is 13.6. The Morgan fingerprint density at radius 1 is 1.44 bits per heavy atom. The van der Waals surface area contributed by atoms with Crippen LogP contribution < -0.4 is 0 Å². The summed E-state index contributed by atoms with van der Waals surface area (Å²) in [7, 11) is -0.861. The van der Waals surface area contributed by atoms with Crippen LogP contribution in [0.4, 0.5) is 4.79 Å². The second kappa shape index (κ2) is 6.00. The molecule has 0 saturated carbocycles. The second-order valence-electron chi connectivity index (χ2n) is 4.13. The highest BCUT2D eigenvalue weighted by atomic mass is 32.2. The molecule has 1 aliphatic rings. The zero-order valence-electron chi connectivity index (χ0n) is 10.4. The van der Waals surface area contributed by atoms with Crippen molar-refractivity contribution in [2.45, 2.75) is 13.0 Å². The number of carbonyl (C=O) groups is 1. The number of nitrogens with zero attached hydrogens (tertiary/aromatic N) is 1. The Morgan fingerprint density at radius 2 is 2.17 bits per heavy atom. The smallest absolute Gasteiger partial charge is 0.410 e. The zero-order valence-corrected chi connectivity index (χ0v) is 11.2. The minimum absolute atomic E-state index is 0.139. The maximum absolute atomic E-state index is 11.9. The van der Waals surface area contributed by atoms with Gasteiger partial charge in [-0.1, -0.05) is 30.3 Å². The standard InChI is InChI=1S/C13H17NO3S/c1-2-17-13(15)14-8-9-18(16)10-12(14)11-6-4-3-5-7-11/h3-7,12H,2,8-10H2,1H3/t12-,18?/m1/s1. The van der Waals surface area contributed by atoms with E-state index < -0.39 is 10.8 Å². The fraction of sp³-hybridized carbons (Fsp3) is 0.462. The molecule has 1 aromatic rings. The molecule has 1 fully saturated rings. The van der Waals surface area contributed by atoms with Crippen molar-refractivity contribution < 1.29 is 13.7 Å². The van der Waals surface area contributed by atoms with Gasteiger partial charge in [0.15, 0.2) is 0 Å². The van der Waals surface area contributed by atoms with Crippen LogP contribution in [0.5, 0.6) is 0 Å². The highest BCUT2D eigenvalue weighted by molar-refractivity contribution is 7.85. The van der Waals surface area contributed by atoms with E-state index in [4.69, 9.17) is 4.74 Å². The number of hydrogen-bond donors (Lipinski definition) is 0. The van der Waals surface area contributed by atoms with E-state index in [1.807, 2.05) is 30.3 Å². The third-order valence-corrected chi connectivity index (χ3v) is 4.29. The van der Waals surface area contributed by atoms with Gasteiger partial charge in [-0.2, -0.15) is 0 Å². The van der Waals surface area contributed by atoms with Crippen LogP contribution in [0, 0.1) is 0 Å². The SMILES string of the molecule is CCOC(=O)N1CCS(=O)C[C@@H]1c1ccccc1. The van der Waals surface area contributed by atoms with Gasteiger partial charge in [-0.25, -0.2) is 4.79 Å². The summed E-state index contributed by atoms with van der Waals surface area (Å²) in [6.07, 6.45) is -0.317. The van der Waals surface area contributed by atoms with Crippen LogP contribution >= 0.6 is 0 Å². The summed E-state index contributed by atoms with van der Waals surface area (Å²) >= 11 is 0. The molecule has 0 bridgehead atoms. The van der Waals surface area contributed by atoms with Gasteiger partial charge < -0.3 is 4.74 Å². The molecule has 1 aliphatic heterocycles. The lowest BCUT2D eigenvalue weighted by molar-refractivity contribution is 0.0948. The lowest BCUT2D eigenvalue weighted by Gasteiger charge is -2.34. The average Bonchev–Trinajstić information content (AvgIpc) is 2.40. The minimum atomic E-state index is -0.861. The lowest BCUT2D eigenvalue weighted by Crippen LogP contribution is -2.44. The van der Waals surface area contributed by atoms with Crippen molar-refractivity contribution in [2.75, 3.05) is 24.7 Å². The van der Waals surface area contributed by atoms with Crippen molar-refractivity contribution in [3.63, 3.8) is 0 Å². The largest absolute Gasteiger partial charge is 0.450 e. The summed E-state index contributed by atoms with van der Waals surface area (Å²) in [5.41, 5.74) is 1.01. The first-order chi connectivity index (χ1) is 8.72. The van der Waals surface area contributed by atoms with E-state index >= 15 is 0 Å². The third kappa shape index (κ3) is 2.90. The molecule has 5 heteroatoms. The third-order valence-electron chi connectivity index (χ3n) is 2.97. The van der Waals surface area contributed by atoms with Gasteiger partial charge in [0.2, 0.25) is 0 Å². The summed E-state index contributed by atoms with van der Waals surface area (Å²) < 4.78 is 16.8. The summed E-state index contributed by atoms with van der Waals surface area (Å²) in [5, 5.41) is 0. The maximum atomic E-state index is 11.9. The molecule has 1 unspecified atom stereocenters. The second-order valence-corrected chi connectivity index (χ2v) is 5.75. The number of carbonyl (C=O) groups excluding carboxylic acids is 1. The molecule has 0 aliphatic carbocycles. The van der Waals surface area contributed by atoms with Gasteiger partial charge in [-0.05, 0) is 12.5 Å². The predicted octanol–water partition coefficient (Wildman–Crippen LogP) is 1.95. The number of hydrogen-bond acceptors (Lipinski definition) is 3. The quantitative estimate of drug-likeness (QED) is 0.822. The molecule has 1 heterocycles. The van der Waals surface area contributed by atoms with Gasteiger partial charge in [0, 0.05) is 28.9 Å². The van der Waals surface area contributed by atoms with Gasteiger partial charge in [0.1, 0.15) is 0 Å². The molecule has 1 amide bonds. The van der Waals surface area contributed by atoms with Gasteiger partial charge in [-0.3, -0.25) is 9.11 Å². The van der Waals surface area contributed by atoms with E-state index in [1.165, 1.54) is 0 Å². The lowest BCUT2D eigenvalue weighted by atomic mass is 10.1. The van der Waals surface area contributed by atoms with Crippen molar-refractivity contribution in [3.8, 4) is 0 Å². The Hall–Kier alpha value is -1.36. The normalized spacial score (nSPS) is 23.7. The summed E-state index contributed by atoms with van der Waals surface area (Å²) in [5.74, 6) is 1.02. The van der Waals surface area contributed by atoms with Crippen molar-refractivity contribution in [1.82, 2.24) is 4.90 Å². The Labute approximate surface area is 109 Å². The van der Waals surface area contributed by atoms with E-state index in [-0.39, 0.29) is 12.1 Å². The van der Waals surface area contributed by atoms with Gasteiger partial charge >= 0.3 is 6.09 Å². The Morgan fingerprint density at radius 3 is 2.83 bits per heavy atom. The summed E-state index contributed by atoms with van der Waals surface area (Å²) in [6, 6.07) is 9.56. The van der Waals surface area contributed by atoms with Gasteiger partial charge in [-0.15, -0.1) is 0 Å². The Bertz CT molecular complexity index is 435. The molecule has 4 nitrogen and oxygen atoms in total. The zero-order chi connectivity index (χ0) is 13.0. The molecule has 18 heavy (non-hydrogen) atoms. The molecular weight excluding hydrogens is 250 g/mol. The van der Waals surface area contributed by atoms with Crippen molar-refractivity contribution in [2.24, 2.45) is 0 Å². The van der Waals surface area contributed by atoms with Crippen LogP contribution in [0.2, 0.25) is 0 Å². The molecule has 2 atom stereocenters. The van der Waals surface area contributed by atoms with E-state index in [0.29, 0.717) is 24.7 Å². The van der Waals surface area contributed by atoms with Crippen LogP contribution in [0.3, 0.4) is 0 Å². The molecule has 2 rings (SSSR count). The van der Waals surface area contributed by atoms with Crippen molar-refractivity contribution >= 4 is 16.9 Å². The van der Waals surface area contributed by atoms with Crippen LogP contribution in [-0.4, -0.2) is 39.9 Å². The summed E-state index contributed by atoms with van der Waals surface area (Å²) in [6.45, 7) is 2.64. The molecule has 0 spiro atoms. The van der Waals surface area contributed by atoms with E-state index in [1.54, 1.807) is 11.8 Å². The number of benzene rings is 1. The van der Waals surface area contributed by atoms with Crippen LogP contribution in [0.1, 0.15) is 18.5 Å². The topological polar surface area (TPSA) is 46.6 Å². The molecule has 0 N–H and O–H groups in total. The molecular formula is C13H17NO3S. The Kier molecular flexibility index (Phi) is 4.36. The number of amides is 1. The number of rotatable bonds is 2. The molecule has 0 aromatic heterocycles. The van der Waals surface area contributed by atoms with Crippen molar-refractivity contribution in [3.05, 3.63) is 35.9 Å².